The van der Waals surface area contributed by atoms with Gasteiger partial charge in [0.05, 0.1) is 18.0 Å². The highest BCUT2D eigenvalue weighted by molar-refractivity contribution is 5.94. The first-order valence-corrected chi connectivity index (χ1v) is 7.79. The molecule has 22 heavy (non-hydrogen) atoms. The molecule has 2 N–H and O–H groups in total. The number of benzene rings is 1. The molecule has 1 aliphatic rings. The van der Waals surface area contributed by atoms with Gasteiger partial charge in [0.15, 0.2) is 6.04 Å². The number of hydrogen-bond acceptors (Lipinski definition) is 3. The molecule has 3 atom stereocenters. The quantitative estimate of drug-likeness (QED) is 0.654. The van der Waals surface area contributed by atoms with Crippen LogP contribution in [-0.4, -0.2) is 30.0 Å². The average Bonchev–Trinajstić information content (AvgIpc) is 2.48. The van der Waals surface area contributed by atoms with Crippen molar-refractivity contribution < 1.29 is 14.6 Å². The van der Waals surface area contributed by atoms with Gasteiger partial charge in [0, 0.05) is 23.7 Å². The van der Waals surface area contributed by atoms with Crippen molar-refractivity contribution in [1.82, 2.24) is 0 Å². The van der Waals surface area contributed by atoms with Gasteiger partial charge in [-0.2, -0.15) is 0 Å². The number of aryl methyl sites for hydroxylation is 1. The molecule has 0 aromatic heterocycles. The van der Waals surface area contributed by atoms with E-state index in [1.54, 1.807) is 13.0 Å². The molecule has 0 bridgehead atoms. The molecule has 1 heterocycles. The van der Waals surface area contributed by atoms with E-state index in [2.05, 4.69) is 12.2 Å². The average molecular weight is 306 g/mol. The van der Waals surface area contributed by atoms with Crippen LogP contribution in [0.25, 0.3) is 0 Å². The van der Waals surface area contributed by atoms with Crippen LogP contribution in [-0.2, 0) is 4.79 Å². The second-order valence-corrected chi connectivity index (χ2v) is 6.33. The van der Waals surface area contributed by atoms with Gasteiger partial charge in [0.25, 0.3) is 11.6 Å². The smallest absolute Gasteiger partial charge is 0.282 e. The van der Waals surface area contributed by atoms with Crippen LogP contribution < -0.4 is 10.2 Å². The Kier molecular flexibility index (Phi) is 5.13. The first-order chi connectivity index (χ1) is 10.4. The molecular weight excluding hydrogens is 282 g/mol. The lowest BCUT2D eigenvalue weighted by atomic mass is 9.99. The Morgan fingerprint density at radius 1 is 1.50 bits per heavy atom. The molecule has 0 spiro atoms. The summed E-state index contributed by atoms with van der Waals surface area (Å²) in [5.74, 6) is 0.626. The second kappa shape index (κ2) is 6.87. The van der Waals surface area contributed by atoms with Gasteiger partial charge in [0.2, 0.25) is 0 Å². The number of nitro benzene ring substituents is 1. The van der Waals surface area contributed by atoms with E-state index in [9.17, 15) is 14.9 Å². The van der Waals surface area contributed by atoms with Gasteiger partial charge < -0.3 is 10.2 Å². The minimum absolute atomic E-state index is 0.0268. The van der Waals surface area contributed by atoms with E-state index < -0.39 is 4.92 Å². The lowest BCUT2D eigenvalue weighted by Crippen LogP contribution is -3.17. The molecule has 6 nitrogen and oxygen atoms in total. The summed E-state index contributed by atoms with van der Waals surface area (Å²) in [4.78, 5) is 24.1. The van der Waals surface area contributed by atoms with E-state index in [0.717, 1.165) is 19.5 Å². The number of anilines is 1. The topological polar surface area (TPSA) is 76.7 Å². The third kappa shape index (κ3) is 3.82. The number of nitrogens with zero attached hydrogens (tertiary/aromatic N) is 1. The zero-order valence-corrected chi connectivity index (χ0v) is 13.4. The van der Waals surface area contributed by atoms with E-state index in [0.29, 0.717) is 17.2 Å². The Labute approximate surface area is 130 Å². The van der Waals surface area contributed by atoms with Crippen molar-refractivity contribution in [2.24, 2.45) is 5.92 Å². The number of hydrogen-bond donors (Lipinski definition) is 2. The fraction of sp³-hybridized carbons (Fsp3) is 0.562. The van der Waals surface area contributed by atoms with Crippen molar-refractivity contribution in [2.75, 3.05) is 18.4 Å². The molecule has 1 amide bonds. The van der Waals surface area contributed by atoms with Gasteiger partial charge in [-0.1, -0.05) is 6.92 Å². The molecule has 1 unspecified atom stereocenters. The van der Waals surface area contributed by atoms with Crippen LogP contribution in [0.2, 0.25) is 0 Å². The van der Waals surface area contributed by atoms with Crippen LogP contribution in [0.15, 0.2) is 18.2 Å². The molecule has 2 rings (SSSR count). The number of non-ortho nitro benzene ring substituents is 1. The largest absolute Gasteiger partial charge is 0.325 e. The number of carbonyl (C=O) groups is 1. The van der Waals surface area contributed by atoms with Gasteiger partial charge in [-0.25, -0.2) is 0 Å². The maximum atomic E-state index is 12.4. The number of likely N-dealkylation sites (tertiary alicyclic amines) is 1. The summed E-state index contributed by atoms with van der Waals surface area (Å²) in [7, 11) is 0. The standard InChI is InChI=1S/C16H23N3O3/c1-11-5-4-8-18(10-11)13(3)16(20)17-15-7-6-14(19(21)22)9-12(15)2/h6-7,9,11,13H,4-5,8,10H2,1-3H3,(H,17,20)/p+1/t11-,13-/m0/s1. The van der Waals surface area contributed by atoms with Crippen molar-refractivity contribution in [2.45, 2.75) is 39.7 Å². The van der Waals surface area contributed by atoms with Crippen molar-refractivity contribution >= 4 is 17.3 Å². The molecule has 1 aliphatic heterocycles. The Morgan fingerprint density at radius 2 is 2.23 bits per heavy atom. The highest BCUT2D eigenvalue weighted by Crippen LogP contribution is 2.21. The summed E-state index contributed by atoms with van der Waals surface area (Å²) in [5.41, 5.74) is 1.39. The molecular formula is C16H24N3O3+. The molecule has 0 saturated carbocycles. The first kappa shape index (κ1) is 16.4. The van der Waals surface area contributed by atoms with E-state index >= 15 is 0 Å². The molecule has 0 aliphatic carbocycles. The van der Waals surface area contributed by atoms with Crippen LogP contribution >= 0.6 is 0 Å². The summed E-state index contributed by atoms with van der Waals surface area (Å²) in [5, 5.41) is 13.7. The normalized spacial score (nSPS) is 22.9. The molecule has 0 radical (unpaired) electrons. The Morgan fingerprint density at radius 3 is 2.82 bits per heavy atom. The molecule has 120 valence electrons. The summed E-state index contributed by atoms with van der Waals surface area (Å²) in [6.45, 7) is 7.99. The minimum Gasteiger partial charge on any atom is -0.325 e. The minimum atomic E-state index is -0.430. The van der Waals surface area contributed by atoms with Crippen molar-refractivity contribution in [3.05, 3.63) is 33.9 Å². The van der Waals surface area contributed by atoms with Gasteiger partial charge in [-0.15, -0.1) is 0 Å². The van der Waals surface area contributed by atoms with Gasteiger partial charge in [-0.3, -0.25) is 14.9 Å². The SMILES string of the molecule is Cc1cc([N+](=O)[O-])ccc1NC(=O)[C@H](C)[NH+]1CCC[C@H](C)C1. The lowest BCUT2D eigenvalue weighted by molar-refractivity contribution is -0.922. The highest BCUT2D eigenvalue weighted by atomic mass is 16.6. The third-order valence-corrected chi connectivity index (χ3v) is 4.49. The summed E-state index contributed by atoms with van der Waals surface area (Å²) in [6.07, 6.45) is 2.39. The lowest BCUT2D eigenvalue weighted by Gasteiger charge is -2.31. The van der Waals surface area contributed by atoms with E-state index in [1.807, 2.05) is 6.92 Å². The predicted octanol–water partition coefficient (Wildman–Crippen LogP) is 1.55. The van der Waals surface area contributed by atoms with E-state index in [1.165, 1.54) is 23.5 Å². The van der Waals surface area contributed by atoms with Crippen LogP contribution in [0.3, 0.4) is 0 Å². The fourth-order valence-electron chi connectivity index (χ4n) is 3.05. The molecule has 1 fully saturated rings. The van der Waals surface area contributed by atoms with Crippen LogP contribution in [0.1, 0.15) is 32.3 Å². The highest BCUT2D eigenvalue weighted by Gasteiger charge is 2.29. The zero-order chi connectivity index (χ0) is 16.3. The number of amides is 1. The Balaban J connectivity index is 2.03. The fourth-order valence-corrected chi connectivity index (χ4v) is 3.05. The van der Waals surface area contributed by atoms with Crippen LogP contribution in [0.4, 0.5) is 11.4 Å². The molecule has 1 aromatic rings. The number of rotatable bonds is 4. The van der Waals surface area contributed by atoms with Crippen LogP contribution in [0.5, 0.6) is 0 Å². The van der Waals surface area contributed by atoms with Gasteiger partial charge in [0.1, 0.15) is 0 Å². The summed E-state index contributed by atoms with van der Waals surface area (Å²) < 4.78 is 0. The molecule has 1 saturated heterocycles. The van der Waals surface area contributed by atoms with E-state index in [4.69, 9.17) is 0 Å². The van der Waals surface area contributed by atoms with Gasteiger partial charge in [-0.05, 0) is 38.3 Å². The molecule has 6 heteroatoms. The Hall–Kier alpha value is -1.95. The summed E-state index contributed by atoms with van der Waals surface area (Å²) in [6, 6.07) is 4.39. The number of carbonyl (C=O) groups excluding carboxylic acids is 1. The zero-order valence-electron chi connectivity index (χ0n) is 13.4. The first-order valence-electron chi connectivity index (χ1n) is 7.79. The number of quaternary nitrogens is 1. The third-order valence-electron chi connectivity index (χ3n) is 4.49. The monoisotopic (exact) mass is 306 g/mol. The maximum absolute atomic E-state index is 12.4. The van der Waals surface area contributed by atoms with Crippen molar-refractivity contribution in [3.8, 4) is 0 Å². The molecule has 1 aromatic carbocycles. The number of nitrogens with one attached hydrogen (secondary N) is 2. The van der Waals surface area contributed by atoms with Gasteiger partial charge >= 0.3 is 0 Å². The number of nitro groups is 1. The van der Waals surface area contributed by atoms with Crippen molar-refractivity contribution in [1.29, 1.82) is 0 Å². The summed E-state index contributed by atoms with van der Waals surface area (Å²) >= 11 is 0. The van der Waals surface area contributed by atoms with E-state index in [-0.39, 0.29) is 17.6 Å². The predicted molar refractivity (Wildman–Crippen MR) is 85.0 cm³/mol. The Bertz CT molecular complexity index is 574. The maximum Gasteiger partial charge on any atom is 0.282 e. The number of piperidine rings is 1. The van der Waals surface area contributed by atoms with Crippen LogP contribution in [0, 0.1) is 23.0 Å². The second-order valence-electron chi connectivity index (χ2n) is 6.33. The van der Waals surface area contributed by atoms with Crippen molar-refractivity contribution in [3.63, 3.8) is 0 Å².